The van der Waals surface area contributed by atoms with Crippen LogP contribution < -0.4 is 0 Å². The molecule has 29 heavy (non-hydrogen) atoms. The summed E-state index contributed by atoms with van der Waals surface area (Å²) in [4.78, 5) is 21.0. The molecule has 0 atom stereocenters. The molecule has 4 aromatic rings. The summed E-state index contributed by atoms with van der Waals surface area (Å²) in [7, 11) is 0. The molecule has 144 valence electrons. The molecule has 0 radical (unpaired) electrons. The van der Waals surface area contributed by atoms with Crippen LogP contribution in [-0.2, 0) is 6.42 Å². The Bertz CT molecular complexity index is 1160. The van der Waals surface area contributed by atoms with Crippen LogP contribution in [0.5, 0.6) is 0 Å². The Morgan fingerprint density at radius 1 is 1.03 bits per heavy atom. The van der Waals surface area contributed by atoms with E-state index in [4.69, 9.17) is 11.6 Å². The number of hydrogen-bond acceptors (Lipinski definition) is 4. The van der Waals surface area contributed by atoms with E-state index in [1.54, 1.807) is 24.4 Å². The third-order valence-corrected chi connectivity index (χ3v) is 5.50. The largest absolute Gasteiger partial charge is 0.294 e. The quantitative estimate of drug-likeness (QED) is 0.355. The van der Waals surface area contributed by atoms with E-state index in [9.17, 15) is 13.6 Å². The topological polar surface area (TPSA) is 42.9 Å². The van der Waals surface area contributed by atoms with Crippen molar-refractivity contribution in [2.45, 2.75) is 6.42 Å². The summed E-state index contributed by atoms with van der Waals surface area (Å²) in [6, 6.07) is 12.4. The number of aromatic nitrogens is 2. The fraction of sp³-hybridized carbons (Fsp3) is 0.0455. The molecule has 0 saturated carbocycles. The maximum Gasteiger partial charge on any atom is 0.173 e. The van der Waals surface area contributed by atoms with Gasteiger partial charge in [0, 0.05) is 35.3 Å². The molecular formula is C22H13ClF2N2OS. The first-order valence-electron chi connectivity index (χ1n) is 8.65. The van der Waals surface area contributed by atoms with Gasteiger partial charge in [-0.2, -0.15) is 0 Å². The Morgan fingerprint density at radius 3 is 2.48 bits per heavy atom. The Labute approximate surface area is 174 Å². The van der Waals surface area contributed by atoms with Gasteiger partial charge in [0.1, 0.15) is 16.6 Å². The Morgan fingerprint density at radius 2 is 1.83 bits per heavy atom. The molecule has 0 unspecified atom stereocenters. The molecule has 7 heteroatoms. The molecule has 0 amide bonds. The molecule has 0 aliphatic carbocycles. The van der Waals surface area contributed by atoms with E-state index in [0.717, 1.165) is 28.3 Å². The number of hydrogen-bond donors (Lipinski definition) is 0. The lowest BCUT2D eigenvalue weighted by Crippen LogP contribution is -2.09. The van der Waals surface area contributed by atoms with E-state index in [0.29, 0.717) is 16.3 Å². The maximum atomic E-state index is 13.8. The van der Waals surface area contributed by atoms with Gasteiger partial charge in [-0.05, 0) is 35.9 Å². The lowest BCUT2D eigenvalue weighted by Gasteiger charge is -2.08. The van der Waals surface area contributed by atoms with Gasteiger partial charge in [-0.1, -0.05) is 29.8 Å². The SMILES string of the molecule is O=C(Cc1ccc(-c2cc(-c3nccs3)ccc2Cl)nc1)c1c(F)cccc1F. The summed E-state index contributed by atoms with van der Waals surface area (Å²) in [6.45, 7) is 0. The smallest absolute Gasteiger partial charge is 0.173 e. The van der Waals surface area contributed by atoms with E-state index in [1.807, 2.05) is 17.5 Å². The molecule has 0 bridgehead atoms. The van der Waals surface area contributed by atoms with Crippen LogP contribution in [0.15, 0.2) is 66.3 Å². The van der Waals surface area contributed by atoms with Crippen molar-refractivity contribution in [1.29, 1.82) is 0 Å². The summed E-state index contributed by atoms with van der Waals surface area (Å²) in [5, 5.41) is 3.30. The fourth-order valence-corrected chi connectivity index (χ4v) is 3.80. The van der Waals surface area contributed by atoms with Crippen molar-refractivity contribution in [1.82, 2.24) is 9.97 Å². The van der Waals surface area contributed by atoms with E-state index < -0.39 is 23.0 Å². The number of benzene rings is 2. The highest BCUT2D eigenvalue weighted by Gasteiger charge is 2.17. The first kappa shape index (κ1) is 19.4. The fourth-order valence-electron chi connectivity index (χ4n) is 2.95. The zero-order valence-corrected chi connectivity index (χ0v) is 16.5. The number of rotatable bonds is 5. The predicted octanol–water partition coefficient (Wildman–Crippen LogP) is 6.23. The van der Waals surface area contributed by atoms with Crippen LogP contribution in [0.25, 0.3) is 21.8 Å². The zero-order chi connectivity index (χ0) is 20.4. The van der Waals surface area contributed by atoms with Crippen LogP contribution in [0.4, 0.5) is 8.78 Å². The molecule has 0 aliphatic rings. The minimum Gasteiger partial charge on any atom is -0.294 e. The Balaban J connectivity index is 1.59. The van der Waals surface area contributed by atoms with Crippen molar-refractivity contribution < 1.29 is 13.6 Å². The lowest BCUT2D eigenvalue weighted by atomic mass is 10.0. The number of Topliss-reactive ketones (excluding diaryl/α,β-unsaturated/α-hetero) is 1. The molecule has 0 saturated heterocycles. The Kier molecular flexibility index (Phi) is 5.47. The molecule has 2 heterocycles. The van der Waals surface area contributed by atoms with E-state index in [-0.39, 0.29) is 6.42 Å². The minimum atomic E-state index is -0.870. The highest BCUT2D eigenvalue weighted by atomic mass is 35.5. The van der Waals surface area contributed by atoms with E-state index in [1.165, 1.54) is 23.6 Å². The number of carbonyl (C=O) groups excluding carboxylic acids is 1. The van der Waals surface area contributed by atoms with Crippen molar-refractivity contribution >= 4 is 28.7 Å². The van der Waals surface area contributed by atoms with Gasteiger partial charge in [-0.25, -0.2) is 13.8 Å². The van der Waals surface area contributed by atoms with Crippen LogP contribution in [0.2, 0.25) is 5.02 Å². The number of pyridine rings is 1. The average Bonchev–Trinajstić information content (AvgIpc) is 3.24. The number of nitrogens with zero attached hydrogens (tertiary/aromatic N) is 2. The number of thiazole rings is 1. The molecule has 0 N–H and O–H groups in total. The van der Waals surface area contributed by atoms with Crippen molar-refractivity contribution in [2.24, 2.45) is 0 Å². The second kappa shape index (κ2) is 8.19. The summed E-state index contributed by atoms with van der Waals surface area (Å²) >= 11 is 7.86. The first-order valence-corrected chi connectivity index (χ1v) is 9.90. The van der Waals surface area contributed by atoms with Crippen molar-refractivity contribution in [3.05, 3.63) is 94.1 Å². The van der Waals surface area contributed by atoms with Crippen LogP contribution in [-0.4, -0.2) is 15.8 Å². The molecule has 0 fully saturated rings. The van der Waals surface area contributed by atoms with Gasteiger partial charge >= 0.3 is 0 Å². The van der Waals surface area contributed by atoms with Gasteiger partial charge in [0.15, 0.2) is 5.78 Å². The monoisotopic (exact) mass is 426 g/mol. The van der Waals surface area contributed by atoms with E-state index >= 15 is 0 Å². The maximum absolute atomic E-state index is 13.8. The molecule has 2 aromatic carbocycles. The molecule has 4 rings (SSSR count). The van der Waals surface area contributed by atoms with Gasteiger partial charge < -0.3 is 0 Å². The van der Waals surface area contributed by atoms with Crippen LogP contribution in [0, 0.1) is 11.6 Å². The molecule has 2 aromatic heterocycles. The summed E-state index contributed by atoms with van der Waals surface area (Å²) in [5.41, 5.74) is 2.30. The summed E-state index contributed by atoms with van der Waals surface area (Å²) in [6.07, 6.45) is 3.09. The van der Waals surface area contributed by atoms with Gasteiger partial charge in [0.25, 0.3) is 0 Å². The number of halogens is 3. The summed E-state index contributed by atoms with van der Waals surface area (Å²) < 4.78 is 27.6. The molecule has 3 nitrogen and oxygen atoms in total. The lowest BCUT2D eigenvalue weighted by molar-refractivity contribution is 0.0985. The number of ketones is 1. The zero-order valence-electron chi connectivity index (χ0n) is 14.9. The van der Waals surface area contributed by atoms with Crippen molar-refractivity contribution in [3.8, 4) is 21.8 Å². The van der Waals surface area contributed by atoms with Crippen molar-refractivity contribution in [2.75, 3.05) is 0 Å². The Hall–Kier alpha value is -2.96. The highest BCUT2D eigenvalue weighted by Crippen LogP contribution is 2.32. The highest BCUT2D eigenvalue weighted by molar-refractivity contribution is 7.13. The van der Waals surface area contributed by atoms with Gasteiger partial charge in [0.2, 0.25) is 0 Å². The second-order valence-corrected chi connectivity index (χ2v) is 7.58. The van der Waals surface area contributed by atoms with Crippen LogP contribution >= 0.6 is 22.9 Å². The average molecular weight is 427 g/mol. The minimum absolute atomic E-state index is 0.155. The normalized spacial score (nSPS) is 10.9. The van der Waals surface area contributed by atoms with Crippen LogP contribution in [0.3, 0.4) is 0 Å². The standard InChI is InChI=1S/C22H13ClF2N2OS/c23-16-6-5-14(22-26-8-9-29-22)11-15(16)19-7-4-13(12-27-19)10-20(28)21-17(24)2-1-3-18(21)25/h1-9,11-12H,10H2. The first-order chi connectivity index (χ1) is 14.0. The van der Waals surface area contributed by atoms with Crippen LogP contribution in [0.1, 0.15) is 15.9 Å². The second-order valence-electron chi connectivity index (χ2n) is 6.28. The number of carbonyl (C=O) groups is 1. The predicted molar refractivity (Wildman–Crippen MR) is 110 cm³/mol. The van der Waals surface area contributed by atoms with Gasteiger partial charge in [0.05, 0.1) is 16.3 Å². The van der Waals surface area contributed by atoms with Gasteiger partial charge in [-0.15, -0.1) is 11.3 Å². The third-order valence-electron chi connectivity index (χ3n) is 4.35. The van der Waals surface area contributed by atoms with Gasteiger partial charge in [-0.3, -0.25) is 9.78 Å². The molecule has 0 aliphatic heterocycles. The molecular weight excluding hydrogens is 414 g/mol. The third kappa shape index (κ3) is 4.09. The molecule has 0 spiro atoms. The van der Waals surface area contributed by atoms with Crippen molar-refractivity contribution in [3.63, 3.8) is 0 Å². The summed E-state index contributed by atoms with van der Waals surface area (Å²) in [5.74, 6) is -2.38. The van der Waals surface area contributed by atoms with E-state index in [2.05, 4.69) is 9.97 Å².